The molecule has 0 saturated heterocycles. The molecule has 0 radical (unpaired) electrons. The van der Waals surface area contributed by atoms with E-state index in [1.165, 1.54) is 16.6 Å². The topological polar surface area (TPSA) is 54.9 Å². The second-order valence-corrected chi connectivity index (χ2v) is 6.18. The number of thioether (sulfide) groups is 1. The predicted octanol–water partition coefficient (Wildman–Crippen LogP) is 2.79. The highest BCUT2D eigenvalue weighted by Gasteiger charge is 2.11. The van der Waals surface area contributed by atoms with Gasteiger partial charge in [-0.15, -0.1) is 11.3 Å². The zero-order valence-corrected chi connectivity index (χ0v) is 13.0. The summed E-state index contributed by atoms with van der Waals surface area (Å²) in [6.07, 6.45) is 1.00. The first kappa shape index (κ1) is 14.3. The minimum Gasteiger partial charge on any atom is -0.356 e. The molecular formula is C13H17N3OS2. The molecule has 0 atom stereocenters. The minimum absolute atomic E-state index is 0.0443. The maximum absolute atomic E-state index is 11.5. The zero-order valence-electron chi connectivity index (χ0n) is 11.3. The average molecular weight is 295 g/mol. The van der Waals surface area contributed by atoms with Gasteiger partial charge in [0, 0.05) is 16.8 Å². The van der Waals surface area contributed by atoms with Crippen LogP contribution in [0.2, 0.25) is 0 Å². The fourth-order valence-electron chi connectivity index (χ4n) is 1.71. The molecule has 0 aliphatic rings. The molecule has 2 rings (SSSR count). The van der Waals surface area contributed by atoms with Crippen LogP contribution in [0.4, 0.5) is 0 Å². The van der Waals surface area contributed by atoms with E-state index in [1.54, 1.807) is 11.3 Å². The highest BCUT2D eigenvalue weighted by atomic mass is 32.2. The Bertz CT molecular complexity index is 595. The Labute approximate surface area is 121 Å². The molecule has 102 valence electrons. The van der Waals surface area contributed by atoms with Crippen LogP contribution in [0, 0.1) is 6.92 Å². The second-order valence-electron chi connectivity index (χ2n) is 4.10. The van der Waals surface area contributed by atoms with Crippen molar-refractivity contribution in [2.45, 2.75) is 32.2 Å². The average Bonchev–Trinajstić information content (AvgIpc) is 2.79. The van der Waals surface area contributed by atoms with Gasteiger partial charge in [0.2, 0.25) is 5.91 Å². The largest absolute Gasteiger partial charge is 0.356 e. The van der Waals surface area contributed by atoms with E-state index in [-0.39, 0.29) is 5.91 Å². The molecule has 0 aliphatic carbocycles. The van der Waals surface area contributed by atoms with E-state index in [9.17, 15) is 4.79 Å². The van der Waals surface area contributed by atoms with Crippen molar-refractivity contribution >= 4 is 39.2 Å². The summed E-state index contributed by atoms with van der Waals surface area (Å²) < 4.78 is 0. The van der Waals surface area contributed by atoms with Gasteiger partial charge >= 0.3 is 0 Å². The van der Waals surface area contributed by atoms with Crippen LogP contribution in [0.3, 0.4) is 0 Å². The number of amides is 1. The molecule has 0 unspecified atom stereocenters. The van der Waals surface area contributed by atoms with Crippen molar-refractivity contribution < 1.29 is 4.79 Å². The molecule has 0 saturated carbocycles. The highest BCUT2D eigenvalue weighted by molar-refractivity contribution is 8.00. The van der Waals surface area contributed by atoms with Crippen LogP contribution in [-0.2, 0) is 11.2 Å². The maximum atomic E-state index is 11.5. The molecule has 0 spiro atoms. The van der Waals surface area contributed by atoms with E-state index in [0.717, 1.165) is 27.5 Å². The van der Waals surface area contributed by atoms with E-state index in [2.05, 4.69) is 28.3 Å². The normalized spacial score (nSPS) is 10.9. The van der Waals surface area contributed by atoms with Gasteiger partial charge < -0.3 is 5.32 Å². The predicted molar refractivity (Wildman–Crippen MR) is 80.9 cm³/mol. The third kappa shape index (κ3) is 3.45. The molecule has 19 heavy (non-hydrogen) atoms. The van der Waals surface area contributed by atoms with E-state index in [1.807, 2.05) is 13.8 Å². The molecule has 0 fully saturated rings. The monoisotopic (exact) mass is 295 g/mol. The lowest BCUT2D eigenvalue weighted by Crippen LogP contribution is -2.24. The third-order valence-corrected chi connectivity index (χ3v) is 4.75. The first-order valence-electron chi connectivity index (χ1n) is 6.30. The number of fused-ring (bicyclic) bond motifs is 1. The SMILES string of the molecule is CCNC(=O)CSc1nc(C)nc2sc(CC)cc12. The Kier molecular flexibility index (Phi) is 4.76. The summed E-state index contributed by atoms with van der Waals surface area (Å²) in [6, 6.07) is 2.14. The van der Waals surface area contributed by atoms with Crippen molar-refractivity contribution in [3.05, 3.63) is 16.8 Å². The molecule has 0 aromatic carbocycles. The lowest BCUT2D eigenvalue weighted by molar-refractivity contribution is -0.118. The number of hydrogen-bond donors (Lipinski definition) is 1. The number of rotatable bonds is 5. The van der Waals surface area contributed by atoms with Crippen LogP contribution < -0.4 is 5.32 Å². The Morgan fingerprint density at radius 3 is 2.89 bits per heavy atom. The fraction of sp³-hybridized carbons (Fsp3) is 0.462. The summed E-state index contributed by atoms with van der Waals surface area (Å²) in [5, 5.41) is 4.77. The summed E-state index contributed by atoms with van der Waals surface area (Å²) in [7, 11) is 0. The van der Waals surface area contributed by atoms with Crippen LogP contribution >= 0.6 is 23.1 Å². The van der Waals surface area contributed by atoms with Gasteiger partial charge in [-0.05, 0) is 26.3 Å². The number of aromatic nitrogens is 2. The Morgan fingerprint density at radius 2 is 2.21 bits per heavy atom. The summed E-state index contributed by atoms with van der Waals surface area (Å²) >= 11 is 3.18. The number of nitrogens with zero attached hydrogens (tertiary/aromatic N) is 2. The van der Waals surface area contributed by atoms with Gasteiger partial charge in [0.15, 0.2) is 0 Å². The van der Waals surface area contributed by atoms with Crippen molar-refractivity contribution in [1.29, 1.82) is 0 Å². The smallest absolute Gasteiger partial charge is 0.230 e. The van der Waals surface area contributed by atoms with Crippen molar-refractivity contribution in [3.63, 3.8) is 0 Å². The van der Waals surface area contributed by atoms with E-state index < -0.39 is 0 Å². The first-order chi connectivity index (χ1) is 9.13. The van der Waals surface area contributed by atoms with Gasteiger partial charge in [-0.25, -0.2) is 9.97 Å². The standard InChI is InChI=1S/C13H17N3OS2/c1-4-9-6-10-12(18-7-11(17)14-5-2)15-8(3)16-13(10)19-9/h6H,4-5,7H2,1-3H3,(H,14,17). The quantitative estimate of drug-likeness (QED) is 0.681. The summed E-state index contributed by atoms with van der Waals surface area (Å²) in [6.45, 7) is 6.60. The van der Waals surface area contributed by atoms with E-state index in [4.69, 9.17) is 0 Å². The second kappa shape index (κ2) is 6.34. The molecule has 0 bridgehead atoms. The number of carbonyl (C=O) groups excluding carboxylic acids is 1. The number of aryl methyl sites for hydroxylation is 2. The lowest BCUT2D eigenvalue weighted by Gasteiger charge is -2.04. The summed E-state index contributed by atoms with van der Waals surface area (Å²) in [5.74, 6) is 1.20. The Hall–Kier alpha value is -1.14. The summed E-state index contributed by atoms with van der Waals surface area (Å²) in [5.41, 5.74) is 0. The molecule has 2 heterocycles. The van der Waals surface area contributed by atoms with Gasteiger partial charge in [-0.1, -0.05) is 18.7 Å². The number of hydrogen-bond acceptors (Lipinski definition) is 5. The molecule has 0 aliphatic heterocycles. The van der Waals surface area contributed by atoms with Gasteiger partial charge in [-0.2, -0.15) is 0 Å². The van der Waals surface area contributed by atoms with Crippen molar-refractivity contribution in [2.75, 3.05) is 12.3 Å². The van der Waals surface area contributed by atoms with E-state index >= 15 is 0 Å². The first-order valence-corrected chi connectivity index (χ1v) is 8.10. The van der Waals surface area contributed by atoms with Crippen LogP contribution in [0.5, 0.6) is 0 Å². The van der Waals surface area contributed by atoms with Crippen molar-refractivity contribution in [2.24, 2.45) is 0 Å². The Morgan fingerprint density at radius 1 is 1.42 bits per heavy atom. The molecule has 4 nitrogen and oxygen atoms in total. The fourth-order valence-corrected chi connectivity index (χ4v) is 3.67. The third-order valence-electron chi connectivity index (χ3n) is 2.58. The van der Waals surface area contributed by atoms with Crippen LogP contribution in [-0.4, -0.2) is 28.2 Å². The molecule has 2 aromatic heterocycles. The zero-order chi connectivity index (χ0) is 13.8. The summed E-state index contributed by atoms with van der Waals surface area (Å²) in [4.78, 5) is 22.8. The molecule has 1 N–H and O–H groups in total. The molecule has 2 aromatic rings. The molecule has 6 heteroatoms. The molecule has 1 amide bonds. The van der Waals surface area contributed by atoms with Gasteiger partial charge in [0.25, 0.3) is 0 Å². The minimum atomic E-state index is 0.0443. The number of carbonyl (C=O) groups is 1. The van der Waals surface area contributed by atoms with Crippen LogP contribution in [0.25, 0.3) is 10.2 Å². The van der Waals surface area contributed by atoms with Crippen molar-refractivity contribution in [3.8, 4) is 0 Å². The van der Waals surface area contributed by atoms with Crippen LogP contribution in [0.15, 0.2) is 11.1 Å². The van der Waals surface area contributed by atoms with Crippen molar-refractivity contribution in [1.82, 2.24) is 15.3 Å². The molecular weight excluding hydrogens is 278 g/mol. The highest BCUT2D eigenvalue weighted by Crippen LogP contribution is 2.31. The van der Waals surface area contributed by atoms with Gasteiger partial charge in [0.05, 0.1) is 5.75 Å². The van der Waals surface area contributed by atoms with Gasteiger partial charge in [0.1, 0.15) is 15.7 Å². The van der Waals surface area contributed by atoms with E-state index in [0.29, 0.717) is 12.3 Å². The Balaban J connectivity index is 2.25. The number of nitrogens with one attached hydrogen (secondary N) is 1. The number of thiophene rings is 1. The maximum Gasteiger partial charge on any atom is 0.230 e. The lowest BCUT2D eigenvalue weighted by atomic mass is 10.3. The van der Waals surface area contributed by atoms with Gasteiger partial charge in [-0.3, -0.25) is 4.79 Å². The van der Waals surface area contributed by atoms with Crippen LogP contribution in [0.1, 0.15) is 24.5 Å².